The fraction of sp³-hybridized carbons (Fsp3) is 0.333. The molecule has 0 unspecified atom stereocenters. The van der Waals surface area contributed by atoms with Crippen LogP contribution in [-0.2, 0) is 6.42 Å². The van der Waals surface area contributed by atoms with Crippen molar-refractivity contribution in [3.8, 4) is 0 Å². The Labute approximate surface area is 143 Å². The van der Waals surface area contributed by atoms with E-state index in [1.165, 1.54) is 23.3 Å². The van der Waals surface area contributed by atoms with E-state index in [4.69, 9.17) is 0 Å². The molecule has 0 amide bonds. The van der Waals surface area contributed by atoms with Crippen LogP contribution in [-0.4, -0.2) is 29.1 Å². The first-order chi connectivity index (χ1) is 11.6. The van der Waals surface area contributed by atoms with Crippen molar-refractivity contribution >= 4 is 0 Å². The summed E-state index contributed by atoms with van der Waals surface area (Å²) < 4.78 is 13.4. The molecule has 2 nitrogen and oxygen atoms in total. The second-order valence-electron chi connectivity index (χ2n) is 6.51. The van der Waals surface area contributed by atoms with Crippen LogP contribution in [0.4, 0.5) is 4.39 Å². The molecule has 0 aromatic heterocycles. The molecule has 0 fully saturated rings. The van der Waals surface area contributed by atoms with Crippen LogP contribution in [0.2, 0.25) is 0 Å². The van der Waals surface area contributed by atoms with E-state index in [2.05, 4.69) is 35.2 Å². The number of aliphatic hydroxyl groups is 1. The standard InChI is InChI=1S/C21H24FNO/c1-16(21(24)19-8-5-9-20(22)15-19)23-12-10-18(11-13-23)14-17-6-3-2-4-7-17/h2-10,15-16,21,24H,11-14H2,1H3/t16-,21+/m0/s1. The third-order valence-electron chi connectivity index (χ3n) is 4.83. The van der Waals surface area contributed by atoms with Crippen molar-refractivity contribution in [1.82, 2.24) is 4.90 Å². The maximum Gasteiger partial charge on any atom is 0.123 e. The summed E-state index contributed by atoms with van der Waals surface area (Å²) in [5.41, 5.74) is 3.43. The number of hydrogen-bond acceptors (Lipinski definition) is 2. The van der Waals surface area contributed by atoms with Gasteiger partial charge in [-0.05, 0) is 43.0 Å². The summed E-state index contributed by atoms with van der Waals surface area (Å²) in [6.45, 7) is 3.76. The highest BCUT2D eigenvalue weighted by atomic mass is 19.1. The molecule has 0 saturated heterocycles. The molecule has 1 aliphatic heterocycles. The zero-order valence-electron chi connectivity index (χ0n) is 14.0. The second-order valence-corrected chi connectivity index (χ2v) is 6.51. The van der Waals surface area contributed by atoms with Gasteiger partial charge in [-0.3, -0.25) is 4.90 Å². The number of nitrogens with zero attached hydrogens (tertiary/aromatic N) is 1. The lowest BCUT2D eigenvalue weighted by Crippen LogP contribution is -2.40. The van der Waals surface area contributed by atoms with Crippen molar-refractivity contribution in [2.45, 2.75) is 31.9 Å². The molecule has 0 bridgehead atoms. The van der Waals surface area contributed by atoms with Gasteiger partial charge in [0, 0.05) is 19.1 Å². The van der Waals surface area contributed by atoms with E-state index >= 15 is 0 Å². The summed E-state index contributed by atoms with van der Waals surface area (Å²) in [5, 5.41) is 10.5. The Morgan fingerprint density at radius 3 is 2.58 bits per heavy atom. The van der Waals surface area contributed by atoms with Crippen molar-refractivity contribution in [3.63, 3.8) is 0 Å². The quantitative estimate of drug-likeness (QED) is 0.836. The molecule has 24 heavy (non-hydrogen) atoms. The topological polar surface area (TPSA) is 23.5 Å². The Hall–Kier alpha value is -1.97. The highest BCUT2D eigenvalue weighted by Gasteiger charge is 2.24. The van der Waals surface area contributed by atoms with E-state index in [0.29, 0.717) is 5.56 Å². The largest absolute Gasteiger partial charge is 0.387 e. The highest BCUT2D eigenvalue weighted by Crippen LogP contribution is 2.25. The van der Waals surface area contributed by atoms with Crippen LogP contribution >= 0.6 is 0 Å². The fourth-order valence-electron chi connectivity index (χ4n) is 3.28. The Balaban J connectivity index is 1.61. The summed E-state index contributed by atoms with van der Waals surface area (Å²) in [4.78, 5) is 2.25. The zero-order chi connectivity index (χ0) is 16.9. The number of halogens is 1. The third kappa shape index (κ3) is 4.11. The summed E-state index contributed by atoms with van der Waals surface area (Å²) in [6, 6.07) is 16.7. The molecule has 3 heteroatoms. The van der Waals surface area contributed by atoms with Gasteiger partial charge in [-0.15, -0.1) is 0 Å². The first-order valence-electron chi connectivity index (χ1n) is 8.53. The minimum Gasteiger partial charge on any atom is -0.387 e. The SMILES string of the molecule is C[C@@H]([C@@H](O)c1cccc(F)c1)N1CC=C(Cc2ccccc2)CC1. The van der Waals surface area contributed by atoms with E-state index in [-0.39, 0.29) is 11.9 Å². The molecule has 1 N–H and O–H groups in total. The molecule has 2 aromatic rings. The molecule has 3 rings (SSSR count). The van der Waals surface area contributed by atoms with E-state index in [1.807, 2.05) is 13.0 Å². The Bertz CT molecular complexity index is 698. The predicted octanol–water partition coefficient (Wildman–Crippen LogP) is 4.12. The minimum absolute atomic E-state index is 0.0404. The van der Waals surface area contributed by atoms with Crippen molar-refractivity contribution in [2.24, 2.45) is 0 Å². The molecule has 1 heterocycles. The van der Waals surface area contributed by atoms with Crippen LogP contribution in [0.5, 0.6) is 0 Å². The third-order valence-corrected chi connectivity index (χ3v) is 4.83. The molecule has 0 saturated carbocycles. The predicted molar refractivity (Wildman–Crippen MR) is 95.2 cm³/mol. The zero-order valence-corrected chi connectivity index (χ0v) is 14.0. The summed E-state index contributed by atoms with van der Waals surface area (Å²) in [7, 11) is 0. The summed E-state index contributed by atoms with van der Waals surface area (Å²) in [5.74, 6) is -0.303. The van der Waals surface area contributed by atoms with E-state index < -0.39 is 6.10 Å². The molecule has 2 aromatic carbocycles. The lowest BCUT2D eigenvalue weighted by atomic mass is 9.96. The first-order valence-corrected chi connectivity index (χ1v) is 8.53. The minimum atomic E-state index is -0.676. The summed E-state index contributed by atoms with van der Waals surface area (Å²) >= 11 is 0. The van der Waals surface area contributed by atoms with Gasteiger partial charge in [0.05, 0.1) is 6.10 Å². The van der Waals surface area contributed by atoms with Crippen molar-refractivity contribution in [1.29, 1.82) is 0 Å². The maximum atomic E-state index is 13.4. The lowest BCUT2D eigenvalue weighted by molar-refractivity contribution is 0.0621. The summed E-state index contributed by atoms with van der Waals surface area (Å²) in [6.07, 6.45) is 3.60. The molecule has 126 valence electrons. The van der Waals surface area contributed by atoms with E-state index in [0.717, 1.165) is 25.9 Å². The van der Waals surface area contributed by atoms with Gasteiger partial charge in [0.2, 0.25) is 0 Å². The average molecular weight is 325 g/mol. The van der Waals surface area contributed by atoms with Gasteiger partial charge in [-0.2, -0.15) is 0 Å². The van der Waals surface area contributed by atoms with Crippen LogP contribution in [0, 0.1) is 5.82 Å². The number of rotatable bonds is 5. The molecular weight excluding hydrogens is 301 g/mol. The number of benzene rings is 2. The van der Waals surface area contributed by atoms with Gasteiger partial charge in [0.15, 0.2) is 0 Å². The van der Waals surface area contributed by atoms with Crippen LogP contribution < -0.4 is 0 Å². The molecule has 2 atom stereocenters. The molecule has 1 aliphatic rings. The number of hydrogen-bond donors (Lipinski definition) is 1. The Morgan fingerprint density at radius 1 is 1.12 bits per heavy atom. The van der Waals surface area contributed by atoms with Crippen LogP contribution in [0.3, 0.4) is 0 Å². The number of aliphatic hydroxyl groups excluding tert-OH is 1. The second kappa shape index (κ2) is 7.73. The molecule has 0 spiro atoms. The van der Waals surface area contributed by atoms with E-state index in [9.17, 15) is 9.50 Å². The highest BCUT2D eigenvalue weighted by molar-refractivity contribution is 5.24. The first kappa shape index (κ1) is 16.9. The van der Waals surface area contributed by atoms with Crippen molar-refractivity contribution in [3.05, 3.63) is 83.2 Å². The maximum absolute atomic E-state index is 13.4. The van der Waals surface area contributed by atoms with Gasteiger partial charge in [0.25, 0.3) is 0 Å². The smallest absolute Gasteiger partial charge is 0.123 e. The van der Waals surface area contributed by atoms with Crippen LogP contribution in [0.25, 0.3) is 0 Å². The molecule has 0 aliphatic carbocycles. The Kier molecular flexibility index (Phi) is 5.44. The lowest BCUT2D eigenvalue weighted by Gasteiger charge is -2.34. The van der Waals surface area contributed by atoms with Gasteiger partial charge in [-0.25, -0.2) is 4.39 Å². The molecular formula is C21H24FNO. The average Bonchev–Trinajstić information content (AvgIpc) is 2.62. The van der Waals surface area contributed by atoms with Gasteiger partial charge >= 0.3 is 0 Å². The molecule has 0 radical (unpaired) electrons. The van der Waals surface area contributed by atoms with E-state index in [1.54, 1.807) is 12.1 Å². The van der Waals surface area contributed by atoms with Crippen LogP contribution in [0.1, 0.15) is 30.6 Å². The van der Waals surface area contributed by atoms with Crippen molar-refractivity contribution in [2.75, 3.05) is 13.1 Å². The fourth-order valence-corrected chi connectivity index (χ4v) is 3.28. The Morgan fingerprint density at radius 2 is 1.92 bits per heavy atom. The van der Waals surface area contributed by atoms with Crippen molar-refractivity contribution < 1.29 is 9.50 Å². The normalized spacial score (nSPS) is 18.0. The monoisotopic (exact) mass is 325 g/mol. The van der Waals surface area contributed by atoms with Gasteiger partial charge in [0.1, 0.15) is 5.82 Å². The van der Waals surface area contributed by atoms with Gasteiger partial charge < -0.3 is 5.11 Å². The van der Waals surface area contributed by atoms with Crippen LogP contribution in [0.15, 0.2) is 66.2 Å². The van der Waals surface area contributed by atoms with Gasteiger partial charge in [-0.1, -0.05) is 54.1 Å².